The maximum atomic E-state index is 13.0. The number of carbonyl (C=O) groups is 1. The third kappa shape index (κ3) is 6.51. The Labute approximate surface area is 177 Å². The van der Waals surface area contributed by atoms with Crippen LogP contribution in [0, 0.1) is 23.2 Å². The first-order valence-electron chi connectivity index (χ1n) is 6.94. The van der Waals surface area contributed by atoms with Gasteiger partial charge in [0.05, 0.1) is 10.9 Å². The minimum Gasteiger partial charge on any atom is -0.478 e. The Morgan fingerprint density at radius 3 is 2.11 bits per heavy atom. The second kappa shape index (κ2) is 11.5. The van der Waals surface area contributed by atoms with E-state index in [0.717, 1.165) is 18.4 Å². The second-order valence-corrected chi connectivity index (χ2v) is 4.68. The molecule has 0 radical (unpaired) electrons. The van der Waals surface area contributed by atoms with Crippen LogP contribution in [0.3, 0.4) is 0 Å². The van der Waals surface area contributed by atoms with Gasteiger partial charge in [-0.05, 0) is 24.3 Å². The molecule has 28 heavy (non-hydrogen) atoms. The summed E-state index contributed by atoms with van der Waals surface area (Å²) in [6, 6.07) is 7.81. The number of aromatic carboxylic acids is 1. The SMILES string of the molecule is N#CO.Nc1cccc(F)c1C(=O)O.O=c1[nH]c(=O)c2c(F)cccc2[nH]1.[Na+]. The Bertz CT molecular complexity index is 1100. The molecule has 140 valence electrons. The van der Waals surface area contributed by atoms with Crippen molar-refractivity contribution in [1.82, 2.24) is 9.97 Å². The third-order valence-corrected chi connectivity index (χ3v) is 2.98. The number of aliphatic hydroxyl groups excluding tert-OH is 1. The Morgan fingerprint density at radius 1 is 1.07 bits per heavy atom. The number of aliphatic hydroxyl groups is 1. The fourth-order valence-corrected chi connectivity index (χ4v) is 1.94. The zero-order valence-corrected chi connectivity index (χ0v) is 16.4. The molecule has 0 aliphatic heterocycles. The van der Waals surface area contributed by atoms with Crippen molar-refractivity contribution >= 4 is 22.6 Å². The molecule has 0 saturated carbocycles. The van der Waals surface area contributed by atoms with E-state index >= 15 is 0 Å². The van der Waals surface area contributed by atoms with Crippen molar-refractivity contribution in [3.8, 4) is 6.26 Å². The summed E-state index contributed by atoms with van der Waals surface area (Å²) in [6.45, 7) is 0. The number of carboxylic acid groups (broad SMARTS) is 1. The van der Waals surface area contributed by atoms with Crippen LogP contribution in [0.1, 0.15) is 10.4 Å². The summed E-state index contributed by atoms with van der Waals surface area (Å²) >= 11 is 0. The van der Waals surface area contributed by atoms with Gasteiger partial charge in [0.1, 0.15) is 17.2 Å². The molecule has 0 aliphatic rings. The molecule has 0 fully saturated rings. The minimum absolute atomic E-state index is 0. The van der Waals surface area contributed by atoms with Gasteiger partial charge in [0.15, 0.2) is 0 Å². The van der Waals surface area contributed by atoms with E-state index in [1.54, 1.807) is 0 Å². The van der Waals surface area contributed by atoms with E-state index in [-0.39, 0.29) is 46.1 Å². The number of halogens is 2. The molecule has 0 amide bonds. The molecule has 0 aliphatic carbocycles. The third-order valence-electron chi connectivity index (χ3n) is 2.98. The number of nitrogens with zero attached hydrogens (tertiary/aromatic N) is 1. The molecule has 12 heteroatoms. The molecule has 0 spiro atoms. The van der Waals surface area contributed by atoms with Crippen molar-refractivity contribution in [2.75, 3.05) is 5.73 Å². The van der Waals surface area contributed by atoms with Gasteiger partial charge in [-0.15, -0.1) is 0 Å². The number of benzene rings is 2. The minimum atomic E-state index is -1.35. The van der Waals surface area contributed by atoms with E-state index in [9.17, 15) is 23.2 Å². The van der Waals surface area contributed by atoms with Crippen molar-refractivity contribution in [3.05, 3.63) is 74.4 Å². The number of H-pyrrole nitrogens is 2. The Morgan fingerprint density at radius 2 is 1.61 bits per heavy atom. The van der Waals surface area contributed by atoms with Gasteiger partial charge in [0.2, 0.25) is 0 Å². The standard InChI is InChI=1S/C8H5FN2O2.C7H6FNO2.CHNO.Na/c9-4-2-1-3-5-6(4)7(12)11-8(13)10-5;8-4-2-1-3-5(9)6(4)7(10)11;2-1-3;/h1-3H,(H2,10,11,12,13);1-3H,9H2,(H,10,11);3H;/q;;;+1. The summed E-state index contributed by atoms with van der Waals surface area (Å²) in [5.41, 5.74) is 3.53. The predicted molar refractivity (Wildman–Crippen MR) is 90.5 cm³/mol. The molecular formula is C16H12F2N4NaO5+. The first kappa shape index (κ1) is 24.8. The van der Waals surface area contributed by atoms with Crippen LogP contribution in [0.2, 0.25) is 0 Å². The summed E-state index contributed by atoms with van der Waals surface area (Å²) in [4.78, 5) is 36.5. The molecule has 3 aromatic rings. The molecule has 6 N–H and O–H groups in total. The zero-order chi connectivity index (χ0) is 20.6. The number of fused-ring (bicyclic) bond motifs is 1. The second-order valence-electron chi connectivity index (χ2n) is 4.68. The average Bonchev–Trinajstić information content (AvgIpc) is 2.55. The van der Waals surface area contributed by atoms with Crippen molar-refractivity contribution < 1.29 is 53.3 Å². The van der Waals surface area contributed by atoms with Gasteiger partial charge in [-0.1, -0.05) is 12.1 Å². The molecule has 0 unspecified atom stereocenters. The van der Waals surface area contributed by atoms with Crippen LogP contribution in [0.5, 0.6) is 0 Å². The van der Waals surface area contributed by atoms with Gasteiger partial charge in [-0.2, -0.15) is 5.26 Å². The van der Waals surface area contributed by atoms with E-state index in [1.165, 1.54) is 24.3 Å². The van der Waals surface area contributed by atoms with Gasteiger partial charge in [-0.25, -0.2) is 18.4 Å². The zero-order valence-electron chi connectivity index (χ0n) is 14.4. The number of nitrogen functional groups attached to an aromatic ring is 1. The number of anilines is 1. The number of carboxylic acids is 1. The van der Waals surface area contributed by atoms with Gasteiger partial charge in [-0.3, -0.25) is 9.78 Å². The number of nitrogens with two attached hydrogens (primary N) is 1. The summed E-state index contributed by atoms with van der Waals surface area (Å²) < 4.78 is 25.7. The fourth-order valence-electron chi connectivity index (χ4n) is 1.94. The van der Waals surface area contributed by atoms with Crippen molar-refractivity contribution in [2.45, 2.75) is 0 Å². The topological polar surface area (TPSA) is 173 Å². The maximum absolute atomic E-state index is 13.0. The number of hydrogen-bond donors (Lipinski definition) is 5. The first-order chi connectivity index (χ1) is 12.7. The predicted octanol–water partition coefficient (Wildman–Crippen LogP) is -1.69. The summed E-state index contributed by atoms with van der Waals surface area (Å²) in [6.07, 6.45) is 0.750. The monoisotopic (exact) mass is 401 g/mol. The number of aromatic amines is 2. The van der Waals surface area contributed by atoms with Gasteiger partial charge < -0.3 is 20.9 Å². The average molecular weight is 401 g/mol. The quantitative estimate of drug-likeness (QED) is 0.184. The van der Waals surface area contributed by atoms with Crippen LogP contribution < -0.4 is 46.5 Å². The van der Waals surface area contributed by atoms with Crippen LogP contribution >= 0.6 is 0 Å². The van der Waals surface area contributed by atoms with E-state index < -0.39 is 34.4 Å². The molecule has 0 saturated heterocycles. The molecule has 1 aromatic heterocycles. The van der Waals surface area contributed by atoms with E-state index in [4.69, 9.17) is 21.2 Å². The molecule has 3 rings (SSSR count). The van der Waals surface area contributed by atoms with E-state index in [0.29, 0.717) is 0 Å². The molecule has 1 heterocycles. The summed E-state index contributed by atoms with van der Waals surface area (Å²) in [5, 5.41) is 22.1. The number of nitrogens with one attached hydrogen (secondary N) is 2. The number of nitriles is 1. The van der Waals surface area contributed by atoms with Crippen LogP contribution in [0.15, 0.2) is 46.0 Å². The molecular weight excluding hydrogens is 389 g/mol. The van der Waals surface area contributed by atoms with E-state index in [1.807, 2.05) is 4.98 Å². The molecule has 9 nitrogen and oxygen atoms in total. The van der Waals surface area contributed by atoms with Crippen molar-refractivity contribution in [1.29, 1.82) is 5.26 Å². The summed E-state index contributed by atoms with van der Waals surface area (Å²) in [5.74, 6) is -2.80. The molecule has 2 aromatic carbocycles. The van der Waals surface area contributed by atoms with Crippen molar-refractivity contribution in [2.24, 2.45) is 0 Å². The first-order valence-corrected chi connectivity index (χ1v) is 6.94. The summed E-state index contributed by atoms with van der Waals surface area (Å²) in [7, 11) is 0. The Kier molecular flexibility index (Phi) is 10.2. The Balaban J connectivity index is 0.000000448. The maximum Gasteiger partial charge on any atom is 1.00 e. The van der Waals surface area contributed by atoms with Crippen molar-refractivity contribution in [3.63, 3.8) is 0 Å². The smallest absolute Gasteiger partial charge is 0.478 e. The number of hydrogen-bond acceptors (Lipinski definition) is 6. The van der Waals surface area contributed by atoms with Gasteiger partial charge in [0.25, 0.3) is 11.8 Å². The number of rotatable bonds is 1. The molecule has 0 atom stereocenters. The molecule has 0 bridgehead atoms. The van der Waals surface area contributed by atoms with Crippen LogP contribution in [0.4, 0.5) is 14.5 Å². The van der Waals surface area contributed by atoms with Gasteiger partial charge >= 0.3 is 41.2 Å². The van der Waals surface area contributed by atoms with Crippen LogP contribution in [-0.4, -0.2) is 26.2 Å². The Hall–Kier alpha value is -3.20. The number of aromatic nitrogens is 2. The van der Waals surface area contributed by atoms with Crippen LogP contribution in [0.25, 0.3) is 10.9 Å². The van der Waals surface area contributed by atoms with Gasteiger partial charge in [0, 0.05) is 5.69 Å². The normalized spacial score (nSPS) is 8.89. The van der Waals surface area contributed by atoms with E-state index in [2.05, 4.69) is 4.98 Å². The fraction of sp³-hybridized carbons (Fsp3) is 0. The van der Waals surface area contributed by atoms with Crippen LogP contribution in [-0.2, 0) is 0 Å². The largest absolute Gasteiger partial charge is 1.00 e.